The van der Waals surface area contributed by atoms with Crippen molar-refractivity contribution in [2.45, 2.75) is 6.92 Å². The summed E-state index contributed by atoms with van der Waals surface area (Å²) in [4.78, 5) is 0. The Labute approximate surface area is 49.5 Å². The smallest absolute Gasteiger partial charge is 0.327 e. The number of hydrogen-bond acceptors (Lipinski definition) is 4. The number of nitriles is 1. The molecular formula is C3H7N2O2P. The first kappa shape index (κ1) is 10.4. The van der Waals surface area contributed by atoms with Crippen LogP contribution in [0.5, 0.6) is 0 Å². The molecule has 2 N–H and O–H groups in total. The summed E-state index contributed by atoms with van der Waals surface area (Å²) in [5.74, 6) is 0. The zero-order chi connectivity index (χ0) is 6.83. The van der Waals surface area contributed by atoms with Crippen molar-refractivity contribution in [3.8, 4) is 6.19 Å². The maximum atomic E-state index is 9.28. The maximum Gasteiger partial charge on any atom is 0.327 e. The molecule has 0 aliphatic heterocycles. The van der Waals surface area contributed by atoms with Gasteiger partial charge < -0.3 is 5.73 Å². The summed E-state index contributed by atoms with van der Waals surface area (Å²) in [5.41, 5.74) is 4.15. The molecule has 0 aromatic heterocycles. The Morgan fingerprint density at radius 1 is 2.00 bits per heavy atom. The summed E-state index contributed by atoms with van der Waals surface area (Å²) in [6.45, 7) is 2.30. The Bertz CT molecular complexity index is 79.8. The highest BCUT2D eigenvalue weighted by atomic mass is 31.1. The molecule has 46 valence electrons. The molecular weight excluding hydrogens is 127 g/mol. The zero-order valence-electron chi connectivity index (χ0n) is 4.50. The predicted molar refractivity (Wildman–Crippen MR) is 29.0 cm³/mol. The van der Waals surface area contributed by atoms with E-state index in [1.54, 1.807) is 6.92 Å². The lowest BCUT2D eigenvalue weighted by molar-refractivity contribution is 0.365. The fourth-order valence-electron chi connectivity index (χ4n) is 0.0527. The lowest BCUT2D eigenvalue weighted by atomic mass is 10.9. The monoisotopic (exact) mass is 134 g/mol. The van der Waals surface area contributed by atoms with E-state index in [1.807, 2.05) is 0 Å². The van der Waals surface area contributed by atoms with Gasteiger partial charge in [-0.25, -0.2) is 4.57 Å². The summed E-state index contributed by atoms with van der Waals surface area (Å²) in [6.07, 6.45) is 1.25. The Kier molecular flexibility index (Phi) is 21.0. The molecule has 0 fully saturated rings. The predicted octanol–water partition coefficient (Wildman–Crippen LogP) is 0.656. The lowest BCUT2D eigenvalue weighted by Gasteiger charge is -1.72. The quantitative estimate of drug-likeness (QED) is 0.342. The number of hydrogen-bond donors (Lipinski definition) is 1. The molecule has 0 spiro atoms. The highest BCUT2D eigenvalue weighted by Gasteiger charge is 1.65. The summed E-state index contributed by atoms with van der Waals surface area (Å²) in [5, 5.41) is 7.10. The number of rotatable bonds is 2. The van der Waals surface area contributed by atoms with Crippen LogP contribution in [0.4, 0.5) is 0 Å². The standard InChI is InChI=1S/C2H5O2P.CH2N2/c1-2-4-5-3;2-1-3/h2H2,1H3;2H2. The Hall–Kier alpha value is -0.650. The van der Waals surface area contributed by atoms with Crippen LogP contribution in [0.15, 0.2) is 0 Å². The number of nitrogens with zero attached hydrogens (tertiary/aromatic N) is 1. The van der Waals surface area contributed by atoms with Gasteiger partial charge in [0.2, 0.25) is 0 Å². The summed E-state index contributed by atoms with van der Waals surface area (Å²) < 4.78 is 13.5. The van der Waals surface area contributed by atoms with Gasteiger partial charge >= 0.3 is 8.69 Å². The van der Waals surface area contributed by atoms with Crippen molar-refractivity contribution < 1.29 is 9.09 Å². The third-order valence-electron chi connectivity index (χ3n) is 0.182. The Balaban J connectivity index is 0. The molecule has 0 amide bonds. The van der Waals surface area contributed by atoms with Gasteiger partial charge in [0.25, 0.3) is 0 Å². The molecule has 5 heteroatoms. The van der Waals surface area contributed by atoms with E-state index in [1.165, 1.54) is 6.19 Å². The van der Waals surface area contributed by atoms with Crippen molar-refractivity contribution in [2.24, 2.45) is 5.73 Å². The van der Waals surface area contributed by atoms with Crippen LogP contribution in [-0.4, -0.2) is 6.61 Å². The Morgan fingerprint density at radius 3 is 2.38 bits per heavy atom. The van der Waals surface area contributed by atoms with Crippen LogP contribution in [0, 0.1) is 11.5 Å². The maximum absolute atomic E-state index is 9.28. The molecule has 8 heavy (non-hydrogen) atoms. The zero-order valence-corrected chi connectivity index (χ0v) is 5.39. The summed E-state index contributed by atoms with van der Waals surface area (Å²) in [6, 6.07) is 0. The average molecular weight is 134 g/mol. The minimum atomic E-state index is -0.220. The molecule has 0 saturated carbocycles. The second kappa shape index (κ2) is 16.2. The molecule has 0 saturated heterocycles. The fraction of sp³-hybridized carbons (Fsp3) is 0.667. The largest absolute Gasteiger partial charge is 0.337 e. The number of nitrogens with two attached hydrogens (primary N) is 1. The third-order valence-corrected chi connectivity index (χ3v) is 0.545. The van der Waals surface area contributed by atoms with Gasteiger partial charge in [-0.15, -0.1) is 0 Å². The second-order valence-corrected chi connectivity index (χ2v) is 1.03. The normalized spacial score (nSPS) is 6.50. The highest BCUT2D eigenvalue weighted by molar-refractivity contribution is 7.17. The van der Waals surface area contributed by atoms with E-state index in [-0.39, 0.29) is 8.69 Å². The van der Waals surface area contributed by atoms with Crippen LogP contribution in [-0.2, 0) is 9.09 Å². The first-order chi connectivity index (χ1) is 3.83. The first-order valence-electron chi connectivity index (χ1n) is 1.87. The lowest BCUT2D eigenvalue weighted by Crippen LogP contribution is -1.69. The van der Waals surface area contributed by atoms with Crippen LogP contribution >= 0.6 is 8.69 Å². The van der Waals surface area contributed by atoms with Crippen LogP contribution in [0.25, 0.3) is 0 Å². The van der Waals surface area contributed by atoms with Crippen molar-refractivity contribution >= 4 is 8.69 Å². The van der Waals surface area contributed by atoms with Crippen LogP contribution in [0.2, 0.25) is 0 Å². The van der Waals surface area contributed by atoms with Crippen molar-refractivity contribution in [1.82, 2.24) is 0 Å². The van der Waals surface area contributed by atoms with Crippen LogP contribution in [0.3, 0.4) is 0 Å². The van der Waals surface area contributed by atoms with E-state index in [2.05, 4.69) is 10.3 Å². The summed E-state index contributed by atoms with van der Waals surface area (Å²) >= 11 is 0. The fourth-order valence-corrected chi connectivity index (χ4v) is 0.158. The van der Waals surface area contributed by atoms with E-state index in [9.17, 15) is 4.57 Å². The molecule has 0 aliphatic carbocycles. The molecule has 4 nitrogen and oxygen atoms in total. The van der Waals surface area contributed by atoms with Gasteiger partial charge in [-0.3, -0.25) is 4.52 Å². The molecule has 0 aromatic carbocycles. The highest BCUT2D eigenvalue weighted by Crippen LogP contribution is 1.89. The third kappa shape index (κ3) is 55.5. The van der Waals surface area contributed by atoms with Gasteiger partial charge in [0.15, 0.2) is 6.19 Å². The van der Waals surface area contributed by atoms with Crippen molar-refractivity contribution in [2.75, 3.05) is 6.61 Å². The van der Waals surface area contributed by atoms with Crippen molar-refractivity contribution in [3.63, 3.8) is 0 Å². The van der Waals surface area contributed by atoms with E-state index in [0.29, 0.717) is 6.61 Å². The Morgan fingerprint density at radius 2 is 2.38 bits per heavy atom. The van der Waals surface area contributed by atoms with Gasteiger partial charge in [0.05, 0.1) is 6.61 Å². The molecule has 0 bridgehead atoms. The van der Waals surface area contributed by atoms with Crippen molar-refractivity contribution in [1.29, 1.82) is 5.26 Å². The molecule has 0 heterocycles. The van der Waals surface area contributed by atoms with Gasteiger partial charge in [0.1, 0.15) is 0 Å². The molecule has 0 rings (SSSR count). The SMILES string of the molecule is CCOP=O.N#CN. The molecule has 0 atom stereocenters. The van der Waals surface area contributed by atoms with E-state index in [0.717, 1.165) is 0 Å². The van der Waals surface area contributed by atoms with Crippen molar-refractivity contribution in [3.05, 3.63) is 0 Å². The first-order valence-corrected chi connectivity index (χ1v) is 2.60. The average Bonchev–Trinajstić information content (AvgIpc) is 1.71. The van der Waals surface area contributed by atoms with Gasteiger partial charge in [-0.05, 0) is 6.92 Å². The van der Waals surface area contributed by atoms with Gasteiger partial charge in [-0.1, -0.05) is 0 Å². The van der Waals surface area contributed by atoms with Crippen LogP contribution < -0.4 is 5.73 Å². The van der Waals surface area contributed by atoms with Gasteiger partial charge in [-0.2, -0.15) is 5.26 Å². The molecule has 0 aliphatic rings. The second-order valence-electron chi connectivity index (χ2n) is 0.621. The van der Waals surface area contributed by atoms with E-state index in [4.69, 9.17) is 5.26 Å². The summed E-state index contributed by atoms with van der Waals surface area (Å²) in [7, 11) is -0.220. The van der Waals surface area contributed by atoms with E-state index < -0.39 is 0 Å². The molecule has 0 aromatic rings. The minimum Gasteiger partial charge on any atom is -0.337 e. The van der Waals surface area contributed by atoms with Gasteiger partial charge in [0, 0.05) is 0 Å². The molecule has 0 unspecified atom stereocenters. The molecule has 0 radical (unpaired) electrons. The minimum absolute atomic E-state index is 0.220. The van der Waals surface area contributed by atoms with E-state index >= 15 is 0 Å². The topological polar surface area (TPSA) is 76.1 Å². The van der Waals surface area contributed by atoms with Crippen LogP contribution in [0.1, 0.15) is 6.92 Å².